The van der Waals surface area contributed by atoms with E-state index in [1.165, 1.54) is 0 Å². The molecule has 6 heteroatoms. The van der Waals surface area contributed by atoms with Gasteiger partial charge in [0.2, 0.25) is 0 Å². The predicted molar refractivity (Wildman–Crippen MR) is 71.0 cm³/mol. The Kier molecular flexibility index (Phi) is 6.02. The molecule has 0 saturated heterocycles. The Labute approximate surface area is 113 Å². The van der Waals surface area contributed by atoms with Crippen molar-refractivity contribution in [3.63, 3.8) is 0 Å². The number of ether oxygens (including phenoxy) is 2. The molecular formula is C13H23NO5. The average molecular weight is 273 g/mol. The van der Waals surface area contributed by atoms with Crippen molar-refractivity contribution in [2.45, 2.75) is 51.9 Å². The van der Waals surface area contributed by atoms with Gasteiger partial charge in [-0.2, -0.15) is 0 Å². The maximum absolute atomic E-state index is 11.5. The Morgan fingerprint density at radius 2 is 1.84 bits per heavy atom. The lowest BCUT2D eigenvalue weighted by Crippen LogP contribution is -2.47. The fraction of sp³-hybridized carbons (Fsp3) is 0.692. The molecular weight excluding hydrogens is 250 g/mol. The number of carboxylic acids is 1. The summed E-state index contributed by atoms with van der Waals surface area (Å²) in [5.74, 6) is -1.19. The molecule has 110 valence electrons. The lowest BCUT2D eigenvalue weighted by atomic mass is 10.1. The number of hydrogen-bond acceptors (Lipinski definition) is 4. The van der Waals surface area contributed by atoms with E-state index in [1.807, 2.05) is 0 Å². The highest BCUT2D eigenvalue weighted by molar-refractivity contribution is 5.80. The first-order valence-electron chi connectivity index (χ1n) is 5.97. The molecule has 2 N–H and O–H groups in total. The molecule has 0 unspecified atom stereocenters. The number of carbonyl (C=O) groups is 2. The average Bonchev–Trinajstić information content (AvgIpc) is 2.21. The Morgan fingerprint density at radius 3 is 2.21 bits per heavy atom. The molecule has 0 saturated carbocycles. The summed E-state index contributed by atoms with van der Waals surface area (Å²) in [7, 11) is 0. The van der Waals surface area contributed by atoms with Crippen LogP contribution in [-0.2, 0) is 14.3 Å². The van der Waals surface area contributed by atoms with Crippen molar-refractivity contribution < 1.29 is 24.2 Å². The maximum atomic E-state index is 11.5. The van der Waals surface area contributed by atoms with E-state index in [1.54, 1.807) is 40.7 Å². The molecule has 0 aromatic heterocycles. The Balaban J connectivity index is 4.47. The second-order valence-corrected chi connectivity index (χ2v) is 5.66. The fourth-order valence-electron chi connectivity index (χ4n) is 0.982. The summed E-state index contributed by atoms with van der Waals surface area (Å²) < 4.78 is 10.4. The first-order valence-corrected chi connectivity index (χ1v) is 5.97. The molecule has 0 fully saturated rings. The van der Waals surface area contributed by atoms with Crippen LogP contribution < -0.4 is 5.32 Å². The van der Waals surface area contributed by atoms with Gasteiger partial charge in [-0.3, -0.25) is 0 Å². The molecule has 0 heterocycles. The molecule has 0 aliphatic rings. The van der Waals surface area contributed by atoms with Gasteiger partial charge in [0.05, 0.1) is 12.2 Å². The summed E-state index contributed by atoms with van der Waals surface area (Å²) in [6, 6.07) is -1.17. The number of amides is 1. The topological polar surface area (TPSA) is 84.9 Å². The van der Waals surface area contributed by atoms with Gasteiger partial charge in [0.1, 0.15) is 5.60 Å². The summed E-state index contributed by atoms with van der Waals surface area (Å²) in [6.07, 6.45) is 0.763. The predicted octanol–water partition coefficient (Wildman–Crippen LogP) is 1.95. The van der Waals surface area contributed by atoms with E-state index in [-0.39, 0.29) is 6.61 Å². The van der Waals surface area contributed by atoms with Crippen molar-refractivity contribution in [2.24, 2.45) is 0 Å². The first-order chi connectivity index (χ1) is 8.47. The Morgan fingerprint density at radius 1 is 1.32 bits per heavy atom. The highest BCUT2D eigenvalue weighted by Crippen LogP contribution is 2.11. The van der Waals surface area contributed by atoms with E-state index in [2.05, 4.69) is 11.9 Å². The Hall–Kier alpha value is -1.56. The van der Waals surface area contributed by atoms with Crippen LogP contribution in [0, 0.1) is 0 Å². The van der Waals surface area contributed by atoms with E-state index >= 15 is 0 Å². The molecule has 0 aromatic carbocycles. The van der Waals surface area contributed by atoms with Crippen LogP contribution in [-0.4, -0.2) is 41.0 Å². The van der Waals surface area contributed by atoms with E-state index in [9.17, 15) is 9.59 Å². The van der Waals surface area contributed by atoms with Crippen LogP contribution >= 0.6 is 0 Å². The van der Waals surface area contributed by atoms with E-state index in [0.29, 0.717) is 0 Å². The number of rotatable bonds is 6. The minimum atomic E-state index is -1.19. The second kappa shape index (κ2) is 6.56. The van der Waals surface area contributed by atoms with Crippen LogP contribution in [0.15, 0.2) is 12.7 Å². The van der Waals surface area contributed by atoms with Crippen molar-refractivity contribution in [1.82, 2.24) is 5.32 Å². The SMILES string of the molecule is C=CC(C)(C)OC[C@H](NC(=O)OC(C)(C)C)C(=O)O. The smallest absolute Gasteiger partial charge is 0.408 e. The fourth-order valence-corrected chi connectivity index (χ4v) is 0.982. The number of hydrogen-bond donors (Lipinski definition) is 2. The minimum absolute atomic E-state index is 0.173. The van der Waals surface area contributed by atoms with Gasteiger partial charge in [-0.25, -0.2) is 9.59 Å². The highest BCUT2D eigenvalue weighted by Gasteiger charge is 2.26. The molecule has 1 amide bonds. The maximum Gasteiger partial charge on any atom is 0.408 e. The van der Waals surface area contributed by atoms with Crippen molar-refractivity contribution in [3.8, 4) is 0 Å². The zero-order valence-electron chi connectivity index (χ0n) is 12.1. The van der Waals surface area contributed by atoms with Gasteiger partial charge in [-0.15, -0.1) is 6.58 Å². The zero-order chi connectivity index (χ0) is 15.3. The molecule has 0 spiro atoms. The van der Waals surface area contributed by atoms with Crippen molar-refractivity contribution in [1.29, 1.82) is 0 Å². The van der Waals surface area contributed by atoms with Crippen LogP contribution in [0.5, 0.6) is 0 Å². The largest absolute Gasteiger partial charge is 0.480 e. The number of aliphatic carboxylic acids is 1. The van der Waals surface area contributed by atoms with Gasteiger partial charge in [0.15, 0.2) is 6.04 Å². The number of carbonyl (C=O) groups excluding carboxylic acids is 1. The molecule has 0 bridgehead atoms. The standard InChI is InChI=1S/C13H23NO5/c1-7-13(5,6)18-8-9(10(15)16)14-11(17)19-12(2,3)4/h7,9H,1,8H2,2-6H3,(H,14,17)(H,15,16)/t9-/m0/s1. The third-order valence-electron chi connectivity index (χ3n) is 2.10. The lowest BCUT2D eigenvalue weighted by Gasteiger charge is -2.25. The molecule has 0 radical (unpaired) electrons. The highest BCUT2D eigenvalue weighted by atomic mass is 16.6. The van der Waals surface area contributed by atoms with Crippen LogP contribution in [0.2, 0.25) is 0 Å². The molecule has 0 rings (SSSR count). The first kappa shape index (κ1) is 17.4. The van der Waals surface area contributed by atoms with Crippen LogP contribution in [0.3, 0.4) is 0 Å². The van der Waals surface area contributed by atoms with Gasteiger partial charge in [-0.1, -0.05) is 6.08 Å². The summed E-state index contributed by atoms with van der Waals surface area (Å²) in [6.45, 7) is 12.0. The van der Waals surface area contributed by atoms with Crippen LogP contribution in [0.4, 0.5) is 4.79 Å². The number of carboxylic acid groups (broad SMARTS) is 1. The molecule has 0 aliphatic heterocycles. The monoisotopic (exact) mass is 273 g/mol. The molecule has 0 aliphatic carbocycles. The molecule has 0 aromatic rings. The van der Waals surface area contributed by atoms with Gasteiger partial charge in [-0.05, 0) is 34.6 Å². The van der Waals surface area contributed by atoms with Gasteiger partial charge in [0.25, 0.3) is 0 Å². The van der Waals surface area contributed by atoms with Crippen LogP contribution in [0.1, 0.15) is 34.6 Å². The van der Waals surface area contributed by atoms with Crippen molar-refractivity contribution >= 4 is 12.1 Å². The van der Waals surface area contributed by atoms with Gasteiger partial charge >= 0.3 is 12.1 Å². The van der Waals surface area contributed by atoms with Gasteiger partial charge < -0.3 is 19.9 Å². The van der Waals surface area contributed by atoms with Gasteiger partial charge in [0, 0.05) is 0 Å². The third-order valence-corrected chi connectivity index (χ3v) is 2.10. The lowest BCUT2D eigenvalue weighted by molar-refractivity contribution is -0.142. The summed E-state index contributed by atoms with van der Waals surface area (Å²) in [4.78, 5) is 22.5. The number of nitrogens with one attached hydrogen (secondary N) is 1. The summed E-state index contributed by atoms with van der Waals surface area (Å²) in [5, 5.41) is 11.3. The Bertz CT molecular complexity index is 343. The molecule has 1 atom stereocenters. The summed E-state index contributed by atoms with van der Waals surface area (Å²) >= 11 is 0. The van der Waals surface area contributed by atoms with E-state index < -0.39 is 29.3 Å². The molecule has 19 heavy (non-hydrogen) atoms. The minimum Gasteiger partial charge on any atom is -0.480 e. The van der Waals surface area contributed by atoms with Crippen molar-refractivity contribution in [3.05, 3.63) is 12.7 Å². The van der Waals surface area contributed by atoms with E-state index in [0.717, 1.165) is 0 Å². The number of alkyl carbamates (subject to hydrolysis) is 1. The molecule has 6 nitrogen and oxygen atoms in total. The zero-order valence-corrected chi connectivity index (χ0v) is 12.1. The second-order valence-electron chi connectivity index (χ2n) is 5.66. The third kappa shape index (κ3) is 8.20. The summed E-state index contributed by atoms with van der Waals surface area (Å²) in [5.41, 5.74) is -1.35. The van der Waals surface area contributed by atoms with Crippen LogP contribution in [0.25, 0.3) is 0 Å². The quantitative estimate of drug-likeness (QED) is 0.722. The van der Waals surface area contributed by atoms with Crippen molar-refractivity contribution in [2.75, 3.05) is 6.61 Å². The normalized spacial score (nSPS) is 13.5. The van der Waals surface area contributed by atoms with E-state index in [4.69, 9.17) is 14.6 Å².